The van der Waals surface area contributed by atoms with Crippen molar-refractivity contribution in [3.05, 3.63) is 29.8 Å². The largest absolute Gasteiger partial charge is 0.491 e. The van der Waals surface area contributed by atoms with Crippen LogP contribution in [0.1, 0.15) is 148 Å². The number of unbranched alkanes of at least 4 members (excludes halogenated alkanes) is 18. The third-order valence-corrected chi connectivity index (χ3v) is 9.86. The fourth-order valence-electron chi connectivity index (χ4n) is 6.34. The van der Waals surface area contributed by atoms with Gasteiger partial charge in [-0.3, -0.25) is 0 Å². The van der Waals surface area contributed by atoms with Crippen LogP contribution in [0.3, 0.4) is 0 Å². The van der Waals surface area contributed by atoms with Crippen molar-refractivity contribution < 1.29 is 47.4 Å². The molecular weight excluding hydrogens is 737 g/mol. The van der Waals surface area contributed by atoms with Crippen LogP contribution in [0.4, 0.5) is 0 Å². The fraction of sp³-hybridized carbons (Fsp3) is 0.875. The van der Waals surface area contributed by atoms with Crippen molar-refractivity contribution in [1.29, 1.82) is 0 Å². The van der Waals surface area contributed by atoms with Crippen molar-refractivity contribution in [2.45, 2.75) is 149 Å². The van der Waals surface area contributed by atoms with Gasteiger partial charge in [0.05, 0.1) is 112 Å². The van der Waals surface area contributed by atoms with Crippen LogP contribution in [0, 0.1) is 0 Å². The van der Waals surface area contributed by atoms with Crippen LogP contribution in [0.25, 0.3) is 0 Å². The Labute approximate surface area is 356 Å². The van der Waals surface area contributed by atoms with Gasteiger partial charge in [0.15, 0.2) is 0 Å². The summed E-state index contributed by atoms with van der Waals surface area (Å²) in [5.41, 5.74) is 1.38. The third kappa shape index (κ3) is 42.8. The second-order valence-electron chi connectivity index (χ2n) is 15.1. The van der Waals surface area contributed by atoms with Gasteiger partial charge in [0.1, 0.15) is 12.4 Å². The number of hydrogen-bond donors (Lipinski definition) is 0. The molecule has 0 aliphatic heterocycles. The summed E-state index contributed by atoms with van der Waals surface area (Å²) < 4.78 is 56.0. The molecule has 0 bridgehead atoms. The van der Waals surface area contributed by atoms with Crippen LogP contribution in [0.2, 0.25) is 0 Å². The number of hydrogen-bond acceptors (Lipinski definition) is 10. The maximum Gasteiger partial charge on any atom is 0.119 e. The molecule has 0 saturated carbocycles. The highest BCUT2D eigenvalue weighted by molar-refractivity contribution is 5.27. The lowest BCUT2D eigenvalue weighted by atomic mass is 10.0. The van der Waals surface area contributed by atoms with Gasteiger partial charge >= 0.3 is 0 Å². The van der Waals surface area contributed by atoms with E-state index in [4.69, 9.17) is 47.4 Å². The topological polar surface area (TPSA) is 92.3 Å². The van der Waals surface area contributed by atoms with Gasteiger partial charge in [-0.2, -0.15) is 0 Å². The van der Waals surface area contributed by atoms with Gasteiger partial charge in [0.25, 0.3) is 0 Å². The number of rotatable bonds is 50. The summed E-state index contributed by atoms with van der Waals surface area (Å²) in [6, 6.07) is 8.46. The Morgan fingerprint density at radius 1 is 0.259 bits per heavy atom. The minimum absolute atomic E-state index is 0.526. The zero-order valence-corrected chi connectivity index (χ0v) is 37.7. The van der Waals surface area contributed by atoms with Crippen LogP contribution in [-0.2, 0) is 49.1 Å². The molecule has 0 fully saturated rings. The molecule has 0 unspecified atom stereocenters. The Balaban J connectivity index is 1.65. The molecule has 0 aliphatic rings. The monoisotopic (exact) mass is 827 g/mol. The zero-order chi connectivity index (χ0) is 41.3. The number of aryl methyl sites for hydroxylation is 1. The molecular formula is C48H90O10. The lowest BCUT2D eigenvalue weighted by Gasteiger charge is -2.09. The van der Waals surface area contributed by atoms with E-state index in [0.717, 1.165) is 25.2 Å². The summed E-state index contributed by atoms with van der Waals surface area (Å²) in [5.74, 6) is 0.891. The van der Waals surface area contributed by atoms with E-state index in [1.807, 2.05) is 0 Å². The first-order valence-corrected chi connectivity index (χ1v) is 23.8. The van der Waals surface area contributed by atoms with E-state index in [9.17, 15) is 0 Å². The molecule has 58 heavy (non-hydrogen) atoms. The first kappa shape index (κ1) is 54.7. The van der Waals surface area contributed by atoms with Gasteiger partial charge in [-0.05, 0) is 37.0 Å². The van der Waals surface area contributed by atoms with Gasteiger partial charge in [-0.15, -0.1) is 0 Å². The highest BCUT2D eigenvalue weighted by atomic mass is 16.6. The van der Waals surface area contributed by atoms with Crippen molar-refractivity contribution in [2.24, 2.45) is 0 Å². The molecule has 0 saturated heterocycles. The molecule has 1 aromatic carbocycles. The van der Waals surface area contributed by atoms with Gasteiger partial charge in [-0.1, -0.05) is 142 Å². The molecule has 0 aromatic heterocycles. The first-order chi connectivity index (χ1) is 28.9. The van der Waals surface area contributed by atoms with Crippen LogP contribution >= 0.6 is 0 Å². The second-order valence-corrected chi connectivity index (χ2v) is 15.1. The SMILES string of the molecule is CCCCCCCCCCCCCCCCOCCOCCOCCOCCOCCOCCOCCOCCOCCOc1ccc(CCCCCCCC)cc1. The van der Waals surface area contributed by atoms with Crippen LogP contribution in [0.15, 0.2) is 24.3 Å². The molecule has 1 aromatic rings. The summed E-state index contributed by atoms with van der Waals surface area (Å²) in [5, 5.41) is 0. The highest BCUT2D eigenvalue weighted by Gasteiger charge is 2.00. The predicted molar refractivity (Wildman–Crippen MR) is 237 cm³/mol. The van der Waals surface area contributed by atoms with Crippen LogP contribution < -0.4 is 4.74 Å². The Hall–Kier alpha value is -1.34. The molecule has 1 rings (SSSR count). The van der Waals surface area contributed by atoms with Crippen LogP contribution in [0.5, 0.6) is 5.75 Å². The van der Waals surface area contributed by atoms with Crippen LogP contribution in [-0.4, -0.2) is 126 Å². The second kappa shape index (κ2) is 48.3. The minimum Gasteiger partial charge on any atom is -0.491 e. The summed E-state index contributed by atoms with van der Waals surface area (Å²) in [7, 11) is 0. The Kier molecular flexibility index (Phi) is 45.6. The Morgan fingerprint density at radius 3 is 0.845 bits per heavy atom. The van der Waals surface area contributed by atoms with E-state index in [1.165, 1.54) is 128 Å². The average molecular weight is 827 g/mol. The number of ether oxygens (including phenoxy) is 10. The Morgan fingerprint density at radius 2 is 0.517 bits per heavy atom. The van der Waals surface area contributed by atoms with E-state index in [0.29, 0.717) is 119 Å². The van der Waals surface area contributed by atoms with E-state index in [-0.39, 0.29) is 0 Å². The molecule has 0 heterocycles. The normalized spacial score (nSPS) is 11.6. The van der Waals surface area contributed by atoms with E-state index < -0.39 is 0 Å². The standard InChI is InChI=1S/C48H90O10/c1-3-5-7-9-11-12-13-14-15-16-17-18-20-22-28-49-29-30-50-31-32-51-33-34-52-35-36-53-37-38-54-39-40-55-41-42-56-43-44-57-45-46-58-48-26-24-47(25-27-48)23-21-19-10-8-6-4-2/h24-27H,3-23,28-46H2,1-2H3. The lowest BCUT2D eigenvalue weighted by Crippen LogP contribution is -2.15. The van der Waals surface area contributed by atoms with Crippen molar-refractivity contribution in [3.8, 4) is 5.75 Å². The van der Waals surface area contributed by atoms with E-state index in [2.05, 4.69) is 38.1 Å². The summed E-state index contributed by atoms with van der Waals surface area (Å²) in [4.78, 5) is 0. The lowest BCUT2D eigenvalue weighted by molar-refractivity contribution is -0.0254. The molecule has 0 N–H and O–H groups in total. The molecule has 10 heteroatoms. The molecule has 10 nitrogen and oxygen atoms in total. The maximum atomic E-state index is 5.79. The maximum absolute atomic E-state index is 5.79. The smallest absolute Gasteiger partial charge is 0.119 e. The molecule has 0 radical (unpaired) electrons. The van der Waals surface area contributed by atoms with Gasteiger partial charge < -0.3 is 47.4 Å². The van der Waals surface area contributed by atoms with Crippen molar-refractivity contribution in [1.82, 2.24) is 0 Å². The van der Waals surface area contributed by atoms with Gasteiger partial charge in [0.2, 0.25) is 0 Å². The first-order valence-electron chi connectivity index (χ1n) is 23.8. The summed E-state index contributed by atoms with van der Waals surface area (Å²) >= 11 is 0. The number of benzene rings is 1. The van der Waals surface area contributed by atoms with Crippen molar-refractivity contribution in [3.63, 3.8) is 0 Å². The zero-order valence-electron chi connectivity index (χ0n) is 37.7. The molecule has 0 atom stereocenters. The molecule has 0 aliphatic carbocycles. The predicted octanol–water partition coefficient (Wildman–Crippen LogP) is 10.6. The quantitative estimate of drug-likeness (QED) is 0.0591. The Bertz CT molecular complexity index is 890. The van der Waals surface area contributed by atoms with Gasteiger partial charge in [0, 0.05) is 6.61 Å². The average Bonchev–Trinajstić information content (AvgIpc) is 3.24. The summed E-state index contributed by atoms with van der Waals surface area (Å²) in [6.07, 6.45) is 28.4. The minimum atomic E-state index is 0.526. The third-order valence-electron chi connectivity index (χ3n) is 9.86. The van der Waals surface area contributed by atoms with Crippen molar-refractivity contribution >= 4 is 0 Å². The van der Waals surface area contributed by atoms with Crippen molar-refractivity contribution in [2.75, 3.05) is 126 Å². The van der Waals surface area contributed by atoms with E-state index in [1.54, 1.807) is 0 Å². The fourth-order valence-corrected chi connectivity index (χ4v) is 6.34. The highest BCUT2D eigenvalue weighted by Crippen LogP contribution is 2.16. The molecule has 342 valence electrons. The van der Waals surface area contributed by atoms with E-state index >= 15 is 0 Å². The molecule has 0 amide bonds. The molecule has 0 spiro atoms. The van der Waals surface area contributed by atoms with Gasteiger partial charge in [-0.25, -0.2) is 0 Å². The summed E-state index contributed by atoms with van der Waals surface area (Å²) in [6.45, 7) is 15.2.